The molecule has 1 aromatic carbocycles. The first kappa shape index (κ1) is 12.5. The predicted octanol–water partition coefficient (Wildman–Crippen LogP) is 2.13. The van der Waals surface area contributed by atoms with Crippen molar-refractivity contribution in [2.45, 2.75) is 19.4 Å². The third kappa shape index (κ3) is 2.56. The number of carbonyl (C=O) groups is 1. The van der Waals surface area contributed by atoms with E-state index in [2.05, 4.69) is 10.3 Å². The van der Waals surface area contributed by atoms with Gasteiger partial charge in [0.1, 0.15) is 18.2 Å². The maximum absolute atomic E-state index is 11.3. The summed E-state index contributed by atoms with van der Waals surface area (Å²) in [5, 5.41) is 2.85. The molecule has 0 saturated carbocycles. The van der Waals surface area contributed by atoms with Gasteiger partial charge in [-0.05, 0) is 36.2 Å². The van der Waals surface area contributed by atoms with E-state index >= 15 is 0 Å². The molecular formula is C15H15N3O2. The molecule has 0 aliphatic carbocycles. The Kier molecular flexibility index (Phi) is 3.25. The van der Waals surface area contributed by atoms with Crippen LogP contribution in [-0.2, 0) is 17.8 Å². The van der Waals surface area contributed by atoms with E-state index in [4.69, 9.17) is 10.5 Å². The van der Waals surface area contributed by atoms with Crippen LogP contribution in [0.4, 0.5) is 11.5 Å². The molecule has 1 aliphatic rings. The highest BCUT2D eigenvalue weighted by Crippen LogP contribution is 2.27. The van der Waals surface area contributed by atoms with Crippen LogP contribution >= 0.6 is 0 Å². The van der Waals surface area contributed by atoms with Crippen LogP contribution in [0.3, 0.4) is 0 Å². The Morgan fingerprint density at radius 3 is 3.05 bits per heavy atom. The number of hydrogen-bond donors (Lipinski definition) is 2. The third-order valence-corrected chi connectivity index (χ3v) is 3.29. The Balaban J connectivity index is 1.73. The predicted molar refractivity (Wildman–Crippen MR) is 76.4 cm³/mol. The average Bonchev–Trinajstić information content (AvgIpc) is 2.46. The molecule has 102 valence electrons. The summed E-state index contributed by atoms with van der Waals surface area (Å²) in [5.74, 6) is 1.31. The molecule has 0 atom stereocenters. The highest BCUT2D eigenvalue weighted by atomic mass is 16.5. The molecule has 20 heavy (non-hydrogen) atoms. The van der Waals surface area contributed by atoms with Crippen molar-refractivity contribution in [3.63, 3.8) is 0 Å². The summed E-state index contributed by atoms with van der Waals surface area (Å²) in [6, 6.07) is 9.39. The molecule has 3 N–H and O–H groups in total. The zero-order valence-corrected chi connectivity index (χ0v) is 10.9. The second kappa shape index (κ2) is 5.21. The van der Waals surface area contributed by atoms with Gasteiger partial charge in [-0.1, -0.05) is 6.07 Å². The summed E-state index contributed by atoms with van der Waals surface area (Å²) >= 11 is 0. The fourth-order valence-corrected chi connectivity index (χ4v) is 2.18. The molecule has 0 saturated heterocycles. The summed E-state index contributed by atoms with van der Waals surface area (Å²) in [5.41, 5.74) is 8.60. The lowest BCUT2D eigenvalue weighted by molar-refractivity contribution is -0.116. The van der Waals surface area contributed by atoms with Crippen molar-refractivity contribution < 1.29 is 9.53 Å². The van der Waals surface area contributed by atoms with Crippen LogP contribution in [0.2, 0.25) is 0 Å². The minimum atomic E-state index is 0.0642. The van der Waals surface area contributed by atoms with Crippen molar-refractivity contribution in [1.82, 2.24) is 4.98 Å². The van der Waals surface area contributed by atoms with Crippen LogP contribution in [0.5, 0.6) is 5.75 Å². The smallest absolute Gasteiger partial charge is 0.224 e. The SMILES string of the molecule is Nc1ncccc1COc1ccc2c(c1)CCC(=O)N2. The maximum atomic E-state index is 11.3. The van der Waals surface area contributed by atoms with Crippen molar-refractivity contribution in [3.8, 4) is 5.75 Å². The highest BCUT2D eigenvalue weighted by Gasteiger charge is 2.15. The molecule has 3 rings (SSSR count). The fourth-order valence-electron chi connectivity index (χ4n) is 2.18. The number of amides is 1. The third-order valence-electron chi connectivity index (χ3n) is 3.29. The monoisotopic (exact) mass is 269 g/mol. The number of nitrogen functional groups attached to an aromatic ring is 1. The van der Waals surface area contributed by atoms with Gasteiger partial charge in [0.15, 0.2) is 0 Å². The van der Waals surface area contributed by atoms with Crippen molar-refractivity contribution in [2.24, 2.45) is 0 Å². The first-order chi connectivity index (χ1) is 9.72. The minimum absolute atomic E-state index is 0.0642. The van der Waals surface area contributed by atoms with Crippen LogP contribution in [-0.4, -0.2) is 10.9 Å². The molecular weight excluding hydrogens is 254 g/mol. The summed E-state index contributed by atoms with van der Waals surface area (Å²) in [7, 11) is 0. The van der Waals surface area contributed by atoms with Gasteiger partial charge < -0.3 is 15.8 Å². The van der Waals surface area contributed by atoms with Crippen LogP contribution in [0.1, 0.15) is 17.5 Å². The Hall–Kier alpha value is -2.56. The minimum Gasteiger partial charge on any atom is -0.489 e. The van der Waals surface area contributed by atoms with E-state index in [1.165, 1.54) is 0 Å². The number of nitrogens with zero attached hydrogens (tertiary/aromatic N) is 1. The number of rotatable bonds is 3. The van der Waals surface area contributed by atoms with Gasteiger partial charge in [0, 0.05) is 23.9 Å². The summed E-state index contributed by atoms with van der Waals surface area (Å²) in [6.45, 7) is 0.380. The van der Waals surface area contributed by atoms with Gasteiger partial charge in [0.2, 0.25) is 5.91 Å². The number of carbonyl (C=O) groups excluding carboxylic acids is 1. The zero-order chi connectivity index (χ0) is 13.9. The number of pyridine rings is 1. The quantitative estimate of drug-likeness (QED) is 0.894. The molecule has 0 spiro atoms. The summed E-state index contributed by atoms with van der Waals surface area (Å²) < 4.78 is 5.73. The van der Waals surface area contributed by atoms with Crippen LogP contribution < -0.4 is 15.8 Å². The van der Waals surface area contributed by atoms with Crippen LogP contribution in [0, 0.1) is 0 Å². The largest absolute Gasteiger partial charge is 0.489 e. The normalized spacial score (nSPS) is 13.5. The Bertz CT molecular complexity index is 655. The molecule has 0 bridgehead atoms. The van der Waals surface area contributed by atoms with Crippen molar-refractivity contribution in [3.05, 3.63) is 47.7 Å². The van der Waals surface area contributed by atoms with Crippen LogP contribution in [0.25, 0.3) is 0 Å². The van der Waals surface area contributed by atoms with E-state index < -0.39 is 0 Å². The number of nitrogens with two attached hydrogens (primary N) is 1. The second-order valence-corrected chi connectivity index (χ2v) is 4.70. The Labute approximate surface area is 116 Å². The van der Waals surface area contributed by atoms with Gasteiger partial charge in [0.05, 0.1) is 0 Å². The molecule has 1 amide bonds. The number of nitrogens with one attached hydrogen (secondary N) is 1. The van der Waals surface area contributed by atoms with Crippen molar-refractivity contribution in [2.75, 3.05) is 11.1 Å². The highest BCUT2D eigenvalue weighted by molar-refractivity contribution is 5.93. The first-order valence-corrected chi connectivity index (χ1v) is 6.47. The molecule has 2 aromatic rings. The lowest BCUT2D eigenvalue weighted by Gasteiger charge is -2.17. The van der Waals surface area contributed by atoms with E-state index in [9.17, 15) is 4.79 Å². The van der Waals surface area contributed by atoms with Crippen LogP contribution in [0.15, 0.2) is 36.5 Å². The summed E-state index contributed by atoms with van der Waals surface area (Å²) in [6.07, 6.45) is 2.92. The first-order valence-electron chi connectivity index (χ1n) is 6.47. The van der Waals surface area contributed by atoms with Gasteiger partial charge in [-0.15, -0.1) is 0 Å². The summed E-state index contributed by atoms with van der Waals surface area (Å²) in [4.78, 5) is 15.3. The number of benzene rings is 1. The number of fused-ring (bicyclic) bond motifs is 1. The molecule has 0 radical (unpaired) electrons. The van der Waals surface area contributed by atoms with E-state index in [-0.39, 0.29) is 5.91 Å². The van der Waals surface area contributed by atoms with E-state index in [0.717, 1.165) is 29.0 Å². The van der Waals surface area contributed by atoms with E-state index in [1.54, 1.807) is 6.20 Å². The number of ether oxygens (including phenoxy) is 1. The van der Waals surface area contributed by atoms with Gasteiger partial charge in [-0.3, -0.25) is 4.79 Å². The fraction of sp³-hybridized carbons (Fsp3) is 0.200. The topological polar surface area (TPSA) is 77.2 Å². The lowest BCUT2D eigenvalue weighted by atomic mass is 10.0. The Morgan fingerprint density at radius 2 is 2.20 bits per heavy atom. The average molecular weight is 269 g/mol. The molecule has 5 heteroatoms. The molecule has 2 heterocycles. The second-order valence-electron chi connectivity index (χ2n) is 4.70. The number of anilines is 2. The standard InChI is InChI=1S/C15H15N3O2/c16-15-11(2-1-7-17-15)9-20-12-4-5-13-10(8-12)3-6-14(19)18-13/h1-2,4-5,7-8H,3,6,9H2,(H2,16,17)(H,18,19). The number of hydrogen-bond acceptors (Lipinski definition) is 4. The van der Waals surface area contributed by atoms with Gasteiger partial charge in [-0.25, -0.2) is 4.98 Å². The molecule has 0 unspecified atom stereocenters. The van der Waals surface area contributed by atoms with E-state index in [1.807, 2.05) is 30.3 Å². The van der Waals surface area contributed by atoms with Gasteiger partial charge in [-0.2, -0.15) is 0 Å². The molecule has 1 aliphatic heterocycles. The number of aryl methyl sites for hydroxylation is 1. The van der Waals surface area contributed by atoms with Crippen molar-refractivity contribution in [1.29, 1.82) is 0 Å². The number of aromatic nitrogens is 1. The zero-order valence-electron chi connectivity index (χ0n) is 10.9. The van der Waals surface area contributed by atoms with Gasteiger partial charge in [0.25, 0.3) is 0 Å². The molecule has 0 fully saturated rings. The molecule has 1 aromatic heterocycles. The van der Waals surface area contributed by atoms with Crippen molar-refractivity contribution >= 4 is 17.4 Å². The Morgan fingerprint density at radius 1 is 1.30 bits per heavy atom. The molecule has 5 nitrogen and oxygen atoms in total. The lowest BCUT2D eigenvalue weighted by Crippen LogP contribution is -2.18. The van der Waals surface area contributed by atoms with Gasteiger partial charge >= 0.3 is 0 Å². The maximum Gasteiger partial charge on any atom is 0.224 e. The van der Waals surface area contributed by atoms with E-state index in [0.29, 0.717) is 18.8 Å².